The van der Waals surface area contributed by atoms with Crippen molar-refractivity contribution in [2.24, 2.45) is 5.73 Å². The first-order valence-corrected chi connectivity index (χ1v) is 7.28. The Balaban J connectivity index is 1.88. The standard InChI is InChI=1S/C15H24FN3O2/c1-15(2)10-19(8-12(9-20)21-15)6-5-13(17)14-4-3-11(16)7-18-14/h3-4,7,12-13,20H,5-6,8-10,17H2,1-2H3. The summed E-state index contributed by atoms with van der Waals surface area (Å²) in [6.07, 6.45) is 1.76. The number of nitrogens with zero attached hydrogens (tertiary/aromatic N) is 2. The molecule has 1 fully saturated rings. The number of hydrogen-bond donors (Lipinski definition) is 2. The van der Waals surface area contributed by atoms with Gasteiger partial charge in [0, 0.05) is 25.7 Å². The monoisotopic (exact) mass is 297 g/mol. The average Bonchev–Trinajstić information content (AvgIpc) is 2.44. The predicted molar refractivity (Wildman–Crippen MR) is 78.2 cm³/mol. The number of aliphatic hydroxyl groups is 1. The molecule has 0 aromatic carbocycles. The van der Waals surface area contributed by atoms with Gasteiger partial charge in [-0.3, -0.25) is 9.88 Å². The summed E-state index contributed by atoms with van der Waals surface area (Å²) in [5.74, 6) is -0.355. The van der Waals surface area contributed by atoms with E-state index >= 15 is 0 Å². The molecule has 1 aliphatic heterocycles. The fourth-order valence-corrected chi connectivity index (χ4v) is 2.76. The maximum atomic E-state index is 12.8. The van der Waals surface area contributed by atoms with Crippen LogP contribution in [0.3, 0.4) is 0 Å². The van der Waals surface area contributed by atoms with Crippen LogP contribution in [0, 0.1) is 5.82 Å². The predicted octanol–water partition coefficient (Wildman–Crippen LogP) is 1.08. The minimum absolute atomic E-state index is 0.0193. The Kier molecular flexibility index (Phi) is 5.27. The SMILES string of the molecule is CC1(C)CN(CCC(N)c2ccc(F)cn2)CC(CO)O1. The molecule has 2 unspecified atom stereocenters. The molecule has 1 aromatic heterocycles. The highest BCUT2D eigenvalue weighted by Crippen LogP contribution is 2.22. The third-order valence-electron chi connectivity index (χ3n) is 3.64. The van der Waals surface area contributed by atoms with Crippen LogP contribution in [-0.4, -0.2) is 52.9 Å². The van der Waals surface area contributed by atoms with Crippen LogP contribution in [0.2, 0.25) is 0 Å². The molecule has 0 radical (unpaired) electrons. The highest BCUT2D eigenvalue weighted by atomic mass is 19.1. The number of aliphatic hydroxyl groups excluding tert-OH is 1. The molecule has 2 rings (SSSR count). The summed E-state index contributed by atoms with van der Waals surface area (Å²) >= 11 is 0. The number of hydrogen-bond acceptors (Lipinski definition) is 5. The zero-order valence-corrected chi connectivity index (χ0v) is 12.6. The summed E-state index contributed by atoms with van der Waals surface area (Å²) < 4.78 is 18.6. The van der Waals surface area contributed by atoms with Gasteiger partial charge in [0.05, 0.1) is 30.2 Å². The number of ether oxygens (including phenoxy) is 1. The van der Waals surface area contributed by atoms with Crippen molar-refractivity contribution in [1.29, 1.82) is 0 Å². The second-order valence-corrected chi connectivity index (χ2v) is 6.21. The molecule has 6 heteroatoms. The number of rotatable bonds is 5. The van der Waals surface area contributed by atoms with Gasteiger partial charge in [-0.25, -0.2) is 4.39 Å². The van der Waals surface area contributed by atoms with E-state index in [1.807, 2.05) is 13.8 Å². The van der Waals surface area contributed by atoms with Gasteiger partial charge in [-0.05, 0) is 32.4 Å². The van der Waals surface area contributed by atoms with Gasteiger partial charge in [0.2, 0.25) is 0 Å². The van der Waals surface area contributed by atoms with E-state index in [-0.39, 0.29) is 30.2 Å². The van der Waals surface area contributed by atoms with Crippen LogP contribution >= 0.6 is 0 Å². The first-order valence-electron chi connectivity index (χ1n) is 7.28. The lowest BCUT2D eigenvalue weighted by Crippen LogP contribution is -2.54. The molecule has 2 atom stereocenters. The maximum Gasteiger partial charge on any atom is 0.141 e. The first kappa shape index (κ1) is 16.3. The number of pyridine rings is 1. The molecular formula is C15H24FN3O2. The highest BCUT2D eigenvalue weighted by Gasteiger charge is 2.32. The second kappa shape index (κ2) is 6.79. The van der Waals surface area contributed by atoms with Gasteiger partial charge in [-0.2, -0.15) is 0 Å². The van der Waals surface area contributed by atoms with E-state index < -0.39 is 0 Å². The van der Waals surface area contributed by atoms with E-state index in [1.165, 1.54) is 12.3 Å². The minimum Gasteiger partial charge on any atom is -0.394 e. The van der Waals surface area contributed by atoms with Crippen LogP contribution in [0.5, 0.6) is 0 Å². The van der Waals surface area contributed by atoms with Gasteiger partial charge in [0.25, 0.3) is 0 Å². The average molecular weight is 297 g/mol. The van der Waals surface area contributed by atoms with Crippen LogP contribution < -0.4 is 5.73 Å². The lowest BCUT2D eigenvalue weighted by atomic mass is 10.0. The van der Waals surface area contributed by atoms with Crippen LogP contribution in [0.15, 0.2) is 18.3 Å². The van der Waals surface area contributed by atoms with E-state index in [0.717, 1.165) is 19.5 Å². The molecular weight excluding hydrogens is 273 g/mol. The van der Waals surface area contributed by atoms with Crippen molar-refractivity contribution in [2.45, 2.75) is 38.0 Å². The molecule has 1 aromatic rings. The zero-order chi connectivity index (χ0) is 15.5. The minimum atomic E-state index is -0.355. The molecule has 21 heavy (non-hydrogen) atoms. The van der Waals surface area contributed by atoms with Gasteiger partial charge < -0.3 is 15.6 Å². The lowest BCUT2D eigenvalue weighted by molar-refractivity contribution is -0.149. The molecule has 5 nitrogen and oxygen atoms in total. The molecule has 118 valence electrons. The molecule has 0 bridgehead atoms. The Morgan fingerprint density at radius 3 is 2.95 bits per heavy atom. The van der Waals surface area contributed by atoms with Gasteiger partial charge >= 0.3 is 0 Å². The van der Waals surface area contributed by atoms with Gasteiger partial charge in [-0.1, -0.05) is 0 Å². The Hall–Kier alpha value is -1.08. The van der Waals surface area contributed by atoms with E-state index in [1.54, 1.807) is 6.07 Å². The second-order valence-electron chi connectivity index (χ2n) is 6.21. The molecule has 0 aliphatic carbocycles. The van der Waals surface area contributed by atoms with Crippen LogP contribution in [0.4, 0.5) is 4.39 Å². The van der Waals surface area contributed by atoms with Crippen molar-refractivity contribution in [1.82, 2.24) is 9.88 Å². The summed E-state index contributed by atoms with van der Waals surface area (Å²) in [4.78, 5) is 6.26. The summed E-state index contributed by atoms with van der Waals surface area (Å²) in [5, 5.41) is 9.30. The Bertz CT molecular complexity index is 453. The van der Waals surface area contributed by atoms with E-state index in [2.05, 4.69) is 9.88 Å². The number of halogens is 1. The Morgan fingerprint density at radius 2 is 2.33 bits per heavy atom. The summed E-state index contributed by atoms with van der Waals surface area (Å²) in [6.45, 7) is 6.35. The molecule has 0 amide bonds. The van der Waals surface area contributed by atoms with Crippen LogP contribution in [-0.2, 0) is 4.74 Å². The van der Waals surface area contributed by atoms with Crippen molar-refractivity contribution in [2.75, 3.05) is 26.2 Å². The smallest absolute Gasteiger partial charge is 0.141 e. The highest BCUT2D eigenvalue weighted by molar-refractivity contribution is 5.09. The van der Waals surface area contributed by atoms with Crippen molar-refractivity contribution in [3.05, 3.63) is 29.8 Å². The van der Waals surface area contributed by atoms with E-state index in [9.17, 15) is 9.50 Å². The summed E-state index contributed by atoms with van der Waals surface area (Å²) in [7, 11) is 0. The molecule has 1 saturated heterocycles. The molecule has 0 saturated carbocycles. The van der Waals surface area contributed by atoms with Gasteiger partial charge in [0.15, 0.2) is 0 Å². The van der Waals surface area contributed by atoms with Crippen molar-refractivity contribution >= 4 is 0 Å². The van der Waals surface area contributed by atoms with Gasteiger partial charge in [-0.15, -0.1) is 0 Å². The van der Waals surface area contributed by atoms with Crippen LogP contribution in [0.1, 0.15) is 32.0 Å². The van der Waals surface area contributed by atoms with Crippen molar-refractivity contribution in [3.63, 3.8) is 0 Å². The quantitative estimate of drug-likeness (QED) is 0.851. The lowest BCUT2D eigenvalue weighted by Gasteiger charge is -2.42. The fraction of sp³-hybridized carbons (Fsp3) is 0.667. The largest absolute Gasteiger partial charge is 0.394 e. The van der Waals surface area contributed by atoms with Crippen LogP contribution in [0.25, 0.3) is 0 Å². The van der Waals surface area contributed by atoms with Gasteiger partial charge in [0.1, 0.15) is 5.82 Å². The van der Waals surface area contributed by atoms with Crippen molar-refractivity contribution < 1.29 is 14.2 Å². The molecule has 2 heterocycles. The van der Waals surface area contributed by atoms with Crippen molar-refractivity contribution in [3.8, 4) is 0 Å². The number of nitrogens with two attached hydrogens (primary N) is 1. The summed E-state index contributed by atoms with van der Waals surface area (Å²) in [6, 6.07) is 2.78. The fourth-order valence-electron chi connectivity index (χ4n) is 2.76. The topological polar surface area (TPSA) is 71.6 Å². The zero-order valence-electron chi connectivity index (χ0n) is 12.6. The molecule has 1 aliphatic rings. The third-order valence-corrected chi connectivity index (χ3v) is 3.64. The normalized spacial score (nSPS) is 24.0. The maximum absolute atomic E-state index is 12.8. The Labute approximate surface area is 124 Å². The third kappa shape index (κ3) is 4.71. The summed E-state index contributed by atoms with van der Waals surface area (Å²) in [5.41, 5.74) is 6.53. The first-order chi connectivity index (χ1) is 9.89. The van der Waals surface area contributed by atoms with E-state index in [4.69, 9.17) is 10.5 Å². The Morgan fingerprint density at radius 1 is 1.57 bits per heavy atom. The molecule has 3 N–H and O–H groups in total. The number of morpholine rings is 1. The number of aromatic nitrogens is 1. The van der Waals surface area contributed by atoms with E-state index in [0.29, 0.717) is 12.2 Å². The molecule has 0 spiro atoms.